The highest BCUT2D eigenvalue weighted by atomic mass is 16.5. The largest absolute Gasteiger partial charge is 0.493 e. The van der Waals surface area contributed by atoms with Crippen molar-refractivity contribution in [3.63, 3.8) is 0 Å². The molecule has 0 spiro atoms. The maximum absolute atomic E-state index is 5.96. The lowest BCUT2D eigenvalue weighted by atomic mass is 9.86. The SMILES string of the molecule is CC[C@H](N)c1ccc(OCC2CCC2)cc1. The van der Waals surface area contributed by atoms with Crippen LogP contribution < -0.4 is 10.5 Å². The zero-order chi connectivity index (χ0) is 11.4. The highest BCUT2D eigenvalue weighted by Gasteiger charge is 2.17. The first-order chi connectivity index (χ1) is 7.79. The minimum atomic E-state index is 0.153. The van der Waals surface area contributed by atoms with Crippen molar-refractivity contribution in [1.82, 2.24) is 0 Å². The number of benzene rings is 1. The van der Waals surface area contributed by atoms with Gasteiger partial charge in [0.15, 0.2) is 0 Å². The molecule has 88 valence electrons. The molecule has 2 rings (SSSR count). The number of rotatable bonds is 5. The highest BCUT2D eigenvalue weighted by molar-refractivity contribution is 5.29. The lowest BCUT2D eigenvalue weighted by molar-refractivity contribution is 0.180. The normalized spacial score (nSPS) is 17.9. The third kappa shape index (κ3) is 2.76. The minimum absolute atomic E-state index is 0.153. The second-order valence-electron chi connectivity index (χ2n) is 4.69. The first-order valence-corrected chi connectivity index (χ1v) is 6.28. The van der Waals surface area contributed by atoms with E-state index in [2.05, 4.69) is 19.1 Å². The van der Waals surface area contributed by atoms with Gasteiger partial charge in [0, 0.05) is 6.04 Å². The lowest BCUT2D eigenvalue weighted by Crippen LogP contribution is -2.19. The van der Waals surface area contributed by atoms with E-state index in [9.17, 15) is 0 Å². The van der Waals surface area contributed by atoms with Crippen LogP contribution in [0.5, 0.6) is 5.75 Å². The summed E-state index contributed by atoms with van der Waals surface area (Å²) in [5, 5.41) is 0. The summed E-state index contributed by atoms with van der Waals surface area (Å²) in [6.45, 7) is 2.98. The van der Waals surface area contributed by atoms with Gasteiger partial charge in [0.05, 0.1) is 6.61 Å². The van der Waals surface area contributed by atoms with Crippen LogP contribution in [0.1, 0.15) is 44.2 Å². The van der Waals surface area contributed by atoms with Gasteiger partial charge in [-0.25, -0.2) is 0 Å². The van der Waals surface area contributed by atoms with Crippen LogP contribution in [0.2, 0.25) is 0 Å². The summed E-state index contributed by atoms with van der Waals surface area (Å²) in [6, 6.07) is 8.36. The smallest absolute Gasteiger partial charge is 0.119 e. The summed E-state index contributed by atoms with van der Waals surface area (Å²) in [7, 11) is 0. The van der Waals surface area contributed by atoms with E-state index in [1.807, 2.05) is 12.1 Å². The maximum atomic E-state index is 5.96. The predicted octanol–water partition coefficient (Wildman–Crippen LogP) is 3.28. The van der Waals surface area contributed by atoms with Crippen molar-refractivity contribution in [2.75, 3.05) is 6.61 Å². The zero-order valence-corrected chi connectivity index (χ0v) is 9.99. The van der Waals surface area contributed by atoms with E-state index in [1.165, 1.54) is 24.8 Å². The van der Waals surface area contributed by atoms with E-state index in [0.29, 0.717) is 0 Å². The fraction of sp³-hybridized carbons (Fsp3) is 0.571. The minimum Gasteiger partial charge on any atom is -0.493 e. The molecular formula is C14H21NO. The third-order valence-corrected chi connectivity index (χ3v) is 3.46. The van der Waals surface area contributed by atoms with E-state index in [-0.39, 0.29) is 6.04 Å². The molecular weight excluding hydrogens is 198 g/mol. The molecule has 0 heterocycles. The highest BCUT2D eigenvalue weighted by Crippen LogP contribution is 2.27. The Morgan fingerprint density at radius 1 is 1.31 bits per heavy atom. The number of nitrogens with two attached hydrogens (primary N) is 1. The molecule has 2 N–H and O–H groups in total. The Kier molecular flexibility index (Phi) is 3.83. The van der Waals surface area contributed by atoms with Crippen LogP contribution in [0.4, 0.5) is 0 Å². The molecule has 0 aromatic heterocycles. The van der Waals surface area contributed by atoms with Gasteiger partial charge in [-0.15, -0.1) is 0 Å². The fourth-order valence-corrected chi connectivity index (χ4v) is 1.92. The lowest BCUT2D eigenvalue weighted by Gasteiger charge is -2.25. The Morgan fingerprint density at radius 2 is 2.00 bits per heavy atom. The molecule has 0 saturated heterocycles. The van der Waals surface area contributed by atoms with Crippen molar-refractivity contribution in [3.05, 3.63) is 29.8 Å². The predicted molar refractivity (Wildman–Crippen MR) is 66.5 cm³/mol. The fourth-order valence-electron chi connectivity index (χ4n) is 1.92. The van der Waals surface area contributed by atoms with Crippen molar-refractivity contribution in [1.29, 1.82) is 0 Å². The second-order valence-corrected chi connectivity index (χ2v) is 4.69. The van der Waals surface area contributed by atoms with Gasteiger partial charge in [-0.05, 0) is 42.9 Å². The Hall–Kier alpha value is -1.02. The summed E-state index contributed by atoms with van der Waals surface area (Å²) in [5.41, 5.74) is 7.15. The average Bonchev–Trinajstić information content (AvgIpc) is 2.27. The summed E-state index contributed by atoms with van der Waals surface area (Å²) in [4.78, 5) is 0. The third-order valence-electron chi connectivity index (χ3n) is 3.46. The summed E-state index contributed by atoms with van der Waals surface area (Å²) in [6.07, 6.45) is 5.01. The van der Waals surface area contributed by atoms with Gasteiger partial charge in [0.2, 0.25) is 0 Å². The van der Waals surface area contributed by atoms with Crippen LogP contribution in [0.15, 0.2) is 24.3 Å². The Balaban J connectivity index is 1.85. The molecule has 1 aromatic carbocycles. The van der Waals surface area contributed by atoms with Crippen molar-refractivity contribution < 1.29 is 4.74 Å². The van der Waals surface area contributed by atoms with Gasteiger partial charge in [-0.1, -0.05) is 25.5 Å². The van der Waals surface area contributed by atoms with E-state index in [1.54, 1.807) is 0 Å². The van der Waals surface area contributed by atoms with E-state index < -0.39 is 0 Å². The standard InChI is InChI=1S/C14H21NO/c1-2-14(15)12-6-8-13(9-7-12)16-10-11-4-3-5-11/h6-9,11,14H,2-5,10,15H2,1H3/t14-/m0/s1. The van der Waals surface area contributed by atoms with Crippen molar-refractivity contribution >= 4 is 0 Å². The Bertz CT molecular complexity index is 316. The molecule has 0 aliphatic heterocycles. The quantitative estimate of drug-likeness (QED) is 0.824. The van der Waals surface area contributed by atoms with Crippen LogP contribution >= 0.6 is 0 Å². The maximum Gasteiger partial charge on any atom is 0.119 e. The Labute approximate surface area is 97.8 Å². The summed E-state index contributed by atoms with van der Waals surface area (Å²) < 4.78 is 5.74. The first kappa shape index (κ1) is 11.5. The average molecular weight is 219 g/mol. The molecule has 2 nitrogen and oxygen atoms in total. The Morgan fingerprint density at radius 3 is 2.50 bits per heavy atom. The van der Waals surface area contributed by atoms with Crippen molar-refractivity contribution in [3.8, 4) is 5.75 Å². The molecule has 0 radical (unpaired) electrons. The molecule has 2 heteroatoms. The number of hydrogen-bond donors (Lipinski definition) is 1. The molecule has 1 aliphatic rings. The van der Waals surface area contributed by atoms with Crippen molar-refractivity contribution in [2.45, 2.75) is 38.6 Å². The zero-order valence-electron chi connectivity index (χ0n) is 9.99. The van der Waals surface area contributed by atoms with Gasteiger partial charge in [0.25, 0.3) is 0 Å². The van der Waals surface area contributed by atoms with E-state index >= 15 is 0 Å². The topological polar surface area (TPSA) is 35.2 Å². The van der Waals surface area contributed by atoms with Gasteiger partial charge in [0.1, 0.15) is 5.75 Å². The molecule has 0 amide bonds. The van der Waals surface area contributed by atoms with Gasteiger partial charge in [-0.2, -0.15) is 0 Å². The molecule has 0 bridgehead atoms. The molecule has 1 aliphatic carbocycles. The first-order valence-electron chi connectivity index (χ1n) is 6.28. The van der Waals surface area contributed by atoms with E-state index in [0.717, 1.165) is 24.7 Å². The van der Waals surface area contributed by atoms with E-state index in [4.69, 9.17) is 10.5 Å². The monoisotopic (exact) mass is 219 g/mol. The molecule has 0 unspecified atom stereocenters. The van der Waals surface area contributed by atoms with Crippen LogP contribution in [0, 0.1) is 5.92 Å². The molecule has 1 aromatic rings. The molecule has 1 fully saturated rings. The number of hydrogen-bond acceptors (Lipinski definition) is 2. The van der Waals surface area contributed by atoms with Gasteiger partial charge >= 0.3 is 0 Å². The van der Waals surface area contributed by atoms with Gasteiger partial charge in [-0.3, -0.25) is 0 Å². The van der Waals surface area contributed by atoms with Crippen molar-refractivity contribution in [2.24, 2.45) is 11.7 Å². The van der Waals surface area contributed by atoms with Gasteiger partial charge < -0.3 is 10.5 Å². The van der Waals surface area contributed by atoms with Crippen LogP contribution in [0.3, 0.4) is 0 Å². The van der Waals surface area contributed by atoms with Crippen LogP contribution in [-0.2, 0) is 0 Å². The molecule has 1 atom stereocenters. The molecule has 1 saturated carbocycles. The summed E-state index contributed by atoms with van der Waals surface area (Å²) >= 11 is 0. The van der Waals surface area contributed by atoms with Crippen LogP contribution in [-0.4, -0.2) is 6.61 Å². The van der Waals surface area contributed by atoms with Crippen LogP contribution in [0.25, 0.3) is 0 Å². The molecule has 16 heavy (non-hydrogen) atoms. The number of ether oxygens (including phenoxy) is 1. The summed E-state index contributed by atoms with van der Waals surface area (Å²) in [5.74, 6) is 1.76. The second kappa shape index (κ2) is 5.35.